The highest BCUT2D eigenvalue weighted by atomic mass is 79.9. The van der Waals surface area contributed by atoms with Crippen molar-refractivity contribution in [3.8, 4) is 5.75 Å². The van der Waals surface area contributed by atoms with Gasteiger partial charge in [-0.25, -0.2) is 0 Å². The number of methoxy groups -OCH3 is 1. The summed E-state index contributed by atoms with van der Waals surface area (Å²) in [5, 5.41) is 6.23. The van der Waals surface area contributed by atoms with Crippen LogP contribution in [0, 0.1) is 5.92 Å². The van der Waals surface area contributed by atoms with E-state index in [0.717, 1.165) is 34.7 Å². The van der Waals surface area contributed by atoms with Crippen molar-refractivity contribution < 1.29 is 9.53 Å². The van der Waals surface area contributed by atoms with Crippen LogP contribution in [-0.2, 0) is 11.2 Å². The van der Waals surface area contributed by atoms with Crippen LogP contribution in [0.5, 0.6) is 5.75 Å². The first-order valence-electron chi connectivity index (χ1n) is 9.34. The lowest BCUT2D eigenvalue weighted by atomic mass is 10.1. The van der Waals surface area contributed by atoms with Crippen LogP contribution < -0.4 is 15.4 Å². The summed E-state index contributed by atoms with van der Waals surface area (Å²) in [6.07, 6.45) is 2.08. The van der Waals surface area contributed by atoms with Gasteiger partial charge in [0.05, 0.1) is 13.7 Å². The van der Waals surface area contributed by atoms with E-state index in [-0.39, 0.29) is 11.9 Å². The molecule has 2 aromatic rings. The van der Waals surface area contributed by atoms with Crippen LogP contribution in [0.2, 0.25) is 0 Å². The summed E-state index contributed by atoms with van der Waals surface area (Å²) in [4.78, 5) is 12.1. The van der Waals surface area contributed by atoms with Gasteiger partial charge in [0.1, 0.15) is 5.75 Å². The number of carbonyl (C=O) groups excluding carboxylic acids is 1. The SMILES string of the molecule is CC(C)C.COc1ccc(NC(=O)CNC2CCc3cc(Br)ccc32)cc1. The van der Waals surface area contributed by atoms with E-state index in [1.165, 1.54) is 11.1 Å². The van der Waals surface area contributed by atoms with Crippen LogP contribution in [0.15, 0.2) is 46.9 Å². The number of halogens is 1. The van der Waals surface area contributed by atoms with Gasteiger partial charge < -0.3 is 15.4 Å². The predicted octanol–water partition coefficient (Wildman–Crippen LogP) is 5.34. The van der Waals surface area contributed by atoms with Gasteiger partial charge in [0.2, 0.25) is 5.91 Å². The Morgan fingerprint density at radius 1 is 1.19 bits per heavy atom. The van der Waals surface area contributed by atoms with Crippen molar-refractivity contribution in [3.05, 3.63) is 58.1 Å². The van der Waals surface area contributed by atoms with E-state index in [0.29, 0.717) is 6.54 Å². The number of hydrogen-bond donors (Lipinski definition) is 2. The molecule has 0 saturated carbocycles. The van der Waals surface area contributed by atoms with Crippen molar-refractivity contribution in [1.29, 1.82) is 0 Å². The third kappa shape index (κ3) is 7.00. The first kappa shape index (κ1) is 21.5. The number of carbonyl (C=O) groups is 1. The van der Waals surface area contributed by atoms with Gasteiger partial charge in [-0.1, -0.05) is 42.8 Å². The minimum absolute atomic E-state index is 0.0410. The zero-order valence-electron chi connectivity index (χ0n) is 16.5. The molecule has 1 unspecified atom stereocenters. The summed E-state index contributed by atoms with van der Waals surface area (Å²) in [6.45, 7) is 6.80. The summed E-state index contributed by atoms with van der Waals surface area (Å²) >= 11 is 3.50. The van der Waals surface area contributed by atoms with E-state index in [1.807, 2.05) is 24.3 Å². The van der Waals surface area contributed by atoms with Crippen molar-refractivity contribution >= 4 is 27.5 Å². The Morgan fingerprint density at radius 3 is 2.48 bits per heavy atom. The third-order valence-corrected chi connectivity index (χ3v) is 4.56. The molecule has 3 rings (SSSR count). The number of ether oxygens (including phenoxy) is 1. The Bertz CT molecular complexity index is 742. The molecule has 0 aromatic heterocycles. The number of fused-ring (bicyclic) bond motifs is 1. The van der Waals surface area contributed by atoms with Gasteiger partial charge in [0, 0.05) is 16.2 Å². The van der Waals surface area contributed by atoms with Crippen molar-refractivity contribution in [2.24, 2.45) is 5.92 Å². The zero-order valence-corrected chi connectivity index (χ0v) is 18.1. The number of anilines is 1. The van der Waals surface area contributed by atoms with Crippen LogP contribution in [0.3, 0.4) is 0 Å². The zero-order chi connectivity index (χ0) is 19.8. The molecule has 5 heteroatoms. The second kappa shape index (κ2) is 10.5. The molecule has 2 N–H and O–H groups in total. The van der Waals surface area contributed by atoms with E-state index < -0.39 is 0 Å². The molecule has 1 aliphatic rings. The van der Waals surface area contributed by atoms with E-state index in [4.69, 9.17) is 4.74 Å². The molecule has 0 bridgehead atoms. The minimum Gasteiger partial charge on any atom is -0.497 e. The molecule has 4 nitrogen and oxygen atoms in total. The summed E-state index contributed by atoms with van der Waals surface area (Å²) in [7, 11) is 1.62. The molecule has 0 spiro atoms. The van der Waals surface area contributed by atoms with Gasteiger partial charge in [-0.05, 0) is 66.3 Å². The highest BCUT2D eigenvalue weighted by molar-refractivity contribution is 9.10. The highest BCUT2D eigenvalue weighted by Crippen LogP contribution is 2.32. The van der Waals surface area contributed by atoms with Crippen LogP contribution >= 0.6 is 15.9 Å². The number of hydrogen-bond acceptors (Lipinski definition) is 3. The number of rotatable bonds is 5. The molecule has 146 valence electrons. The van der Waals surface area contributed by atoms with Crippen LogP contribution in [0.1, 0.15) is 44.4 Å². The summed E-state index contributed by atoms with van der Waals surface area (Å²) < 4.78 is 6.21. The van der Waals surface area contributed by atoms with Crippen molar-refractivity contribution in [2.75, 3.05) is 19.0 Å². The number of aryl methyl sites for hydroxylation is 1. The van der Waals surface area contributed by atoms with Gasteiger partial charge in [-0.3, -0.25) is 4.79 Å². The molecule has 27 heavy (non-hydrogen) atoms. The summed E-state index contributed by atoms with van der Waals surface area (Å²) in [5.74, 6) is 1.57. The topological polar surface area (TPSA) is 50.4 Å². The lowest BCUT2D eigenvalue weighted by molar-refractivity contribution is -0.115. The molecular formula is C22H29BrN2O2. The maximum atomic E-state index is 12.1. The van der Waals surface area contributed by atoms with Crippen molar-refractivity contribution in [2.45, 2.75) is 39.7 Å². The van der Waals surface area contributed by atoms with Gasteiger partial charge in [-0.2, -0.15) is 0 Å². The molecule has 0 saturated heterocycles. The fourth-order valence-corrected chi connectivity index (χ4v) is 3.30. The Balaban J connectivity index is 0.000000596. The molecule has 0 aliphatic heterocycles. The number of amides is 1. The Morgan fingerprint density at radius 2 is 1.85 bits per heavy atom. The van der Waals surface area contributed by atoms with E-state index in [2.05, 4.69) is 65.5 Å². The molecule has 1 amide bonds. The predicted molar refractivity (Wildman–Crippen MR) is 115 cm³/mol. The maximum Gasteiger partial charge on any atom is 0.238 e. The van der Waals surface area contributed by atoms with E-state index in [9.17, 15) is 4.79 Å². The lowest BCUT2D eigenvalue weighted by Crippen LogP contribution is -2.30. The second-order valence-corrected chi connectivity index (χ2v) is 8.24. The molecule has 0 radical (unpaired) electrons. The summed E-state index contributed by atoms with van der Waals surface area (Å²) in [5.41, 5.74) is 3.42. The third-order valence-electron chi connectivity index (χ3n) is 4.07. The fourth-order valence-electron chi connectivity index (χ4n) is 2.89. The average molecular weight is 433 g/mol. The van der Waals surface area contributed by atoms with Crippen LogP contribution in [0.25, 0.3) is 0 Å². The van der Waals surface area contributed by atoms with Gasteiger partial charge in [-0.15, -0.1) is 0 Å². The smallest absolute Gasteiger partial charge is 0.238 e. The molecule has 0 fully saturated rings. The molecule has 0 heterocycles. The van der Waals surface area contributed by atoms with E-state index in [1.54, 1.807) is 7.11 Å². The monoisotopic (exact) mass is 432 g/mol. The Hall–Kier alpha value is -1.85. The average Bonchev–Trinajstić information content (AvgIpc) is 3.02. The summed E-state index contributed by atoms with van der Waals surface area (Å²) in [6, 6.07) is 13.9. The molecular weight excluding hydrogens is 404 g/mol. The van der Waals surface area contributed by atoms with E-state index >= 15 is 0 Å². The van der Waals surface area contributed by atoms with Crippen LogP contribution in [-0.4, -0.2) is 19.6 Å². The fraction of sp³-hybridized carbons (Fsp3) is 0.409. The molecule has 2 aromatic carbocycles. The quantitative estimate of drug-likeness (QED) is 0.670. The first-order valence-corrected chi connectivity index (χ1v) is 10.1. The Kier molecular flexibility index (Phi) is 8.32. The van der Waals surface area contributed by atoms with Crippen molar-refractivity contribution in [1.82, 2.24) is 5.32 Å². The van der Waals surface area contributed by atoms with Crippen LogP contribution in [0.4, 0.5) is 5.69 Å². The standard InChI is InChI=1S/C18H19BrN2O2.C4H10/c1-23-15-6-4-14(5-7-15)21-18(22)11-20-17-9-2-12-10-13(19)3-8-16(12)17;1-4(2)3/h3-8,10,17,20H,2,9,11H2,1H3,(H,21,22);4H,1-3H3. The number of benzene rings is 2. The maximum absolute atomic E-state index is 12.1. The van der Waals surface area contributed by atoms with Gasteiger partial charge in [0.25, 0.3) is 0 Å². The van der Waals surface area contributed by atoms with Crippen molar-refractivity contribution in [3.63, 3.8) is 0 Å². The normalized spacial score (nSPS) is 15.0. The number of nitrogens with one attached hydrogen (secondary N) is 2. The largest absolute Gasteiger partial charge is 0.497 e. The first-order chi connectivity index (χ1) is 12.9. The lowest BCUT2D eigenvalue weighted by Gasteiger charge is -2.14. The van der Waals surface area contributed by atoms with Gasteiger partial charge >= 0.3 is 0 Å². The molecule has 1 aliphatic carbocycles. The highest BCUT2D eigenvalue weighted by Gasteiger charge is 2.22. The van der Waals surface area contributed by atoms with Gasteiger partial charge in [0.15, 0.2) is 0 Å². The minimum atomic E-state index is -0.0410. The second-order valence-electron chi connectivity index (χ2n) is 7.32. The molecule has 1 atom stereocenters. The Labute approximate surface area is 170 Å².